The molecule has 0 saturated heterocycles. The van der Waals surface area contributed by atoms with E-state index in [1.54, 1.807) is 12.1 Å². The van der Waals surface area contributed by atoms with Crippen LogP contribution in [0.1, 0.15) is 11.6 Å². The van der Waals surface area contributed by atoms with Crippen molar-refractivity contribution in [3.8, 4) is 0 Å². The molecule has 0 bridgehead atoms. The van der Waals surface area contributed by atoms with Gasteiger partial charge in [0.05, 0.1) is 17.5 Å². The lowest BCUT2D eigenvalue weighted by atomic mass is 10.1. The Kier molecular flexibility index (Phi) is 8.95. The Morgan fingerprint density at radius 1 is 1.11 bits per heavy atom. The maximum absolute atomic E-state index is 13.5. The molecule has 0 aromatic heterocycles. The molecule has 2 aromatic carbocycles. The zero-order valence-electron chi connectivity index (χ0n) is 15.7. The average Bonchev–Trinajstić information content (AvgIpc) is 2.61. The van der Waals surface area contributed by atoms with Gasteiger partial charge in [-0.25, -0.2) is 4.39 Å². The lowest BCUT2D eigenvalue weighted by Crippen LogP contribution is -2.35. The molecule has 28 heavy (non-hydrogen) atoms. The third kappa shape index (κ3) is 7.61. The van der Waals surface area contributed by atoms with E-state index in [-0.39, 0.29) is 35.2 Å². The van der Waals surface area contributed by atoms with Crippen molar-refractivity contribution in [3.05, 3.63) is 64.4 Å². The zero-order valence-corrected chi connectivity index (χ0v) is 18.1. The molecule has 5 nitrogen and oxygen atoms in total. The third-order valence-electron chi connectivity index (χ3n) is 3.92. The number of nitrogens with zero attached hydrogens (tertiary/aromatic N) is 1. The maximum Gasteiger partial charge on any atom is 0.234 e. The molecule has 2 aromatic rings. The molecule has 0 aliphatic rings. The number of halogens is 2. The van der Waals surface area contributed by atoms with Crippen molar-refractivity contribution in [1.29, 1.82) is 0 Å². The van der Waals surface area contributed by atoms with Crippen LogP contribution < -0.4 is 10.6 Å². The molecule has 2 N–H and O–H groups in total. The lowest BCUT2D eigenvalue weighted by Gasteiger charge is -2.25. The fourth-order valence-corrected chi connectivity index (χ4v) is 3.62. The summed E-state index contributed by atoms with van der Waals surface area (Å²) < 4.78 is 14.3. The highest BCUT2D eigenvalue weighted by Gasteiger charge is 2.16. The van der Waals surface area contributed by atoms with E-state index in [1.165, 1.54) is 23.9 Å². The van der Waals surface area contributed by atoms with Crippen LogP contribution in [0, 0.1) is 5.82 Å². The molecule has 1 unspecified atom stereocenters. The van der Waals surface area contributed by atoms with Gasteiger partial charge in [-0.3, -0.25) is 9.59 Å². The SMILES string of the molecule is CN(C)C(CNC(=O)CSCC(=O)Nc1cccc(Br)c1)c1cccc(F)c1. The Balaban J connectivity index is 1.74. The first-order valence-electron chi connectivity index (χ1n) is 8.67. The van der Waals surface area contributed by atoms with Gasteiger partial charge in [-0.1, -0.05) is 34.1 Å². The number of likely N-dealkylation sites (N-methyl/N-ethyl adjacent to an activating group) is 1. The number of hydrogen-bond donors (Lipinski definition) is 2. The van der Waals surface area contributed by atoms with Crippen LogP contribution in [0.4, 0.5) is 10.1 Å². The highest BCUT2D eigenvalue weighted by Crippen LogP contribution is 2.18. The first kappa shape index (κ1) is 22.4. The van der Waals surface area contributed by atoms with Gasteiger partial charge in [0.2, 0.25) is 11.8 Å². The fourth-order valence-electron chi connectivity index (χ4n) is 2.57. The van der Waals surface area contributed by atoms with Crippen LogP contribution in [0.5, 0.6) is 0 Å². The van der Waals surface area contributed by atoms with Gasteiger partial charge in [0, 0.05) is 16.7 Å². The van der Waals surface area contributed by atoms with Gasteiger partial charge in [0.25, 0.3) is 0 Å². The minimum absolute atomic E-state index is 0.135. The molecular weight excluding hydrogens is 445 g/mol. The Hall–Kier alpha value is -1.90. The largest absolute Gasteiger partial charge is 0.353 e. The van der Waals surface area contributed by atoms with Gasteiger partial charge in [0.15, 0.2) is 0 Å². The van der Waals surface area contributed by atoms with Gasteiger partial charge in [0.1, 0.15) is 5.82 Å². The first-order chi connectivity index (χ1) is 13.3. The Bertz CT molecular complexity index is 820. The minimum atomic E-state index is -0.303. The van der Waals surface area contributed by atoms with E-state index in [9.17, 15) is 14.0 Å². The predicted octanol–water partition coefficient (Wildman–Crippen LogP) is 3.68. The Labute approximate surface area is 177 Å². The molecule has 0 aliphatic carbocycles. The summed E-state index contributed by atoms with van der Waals surface area (Å²) in [5.74, 6) is -0.274. The maximum atomic E-state index is 13.5. The monoisotopic (exact) mass is 467 g/mol. The second kappa shape index (κ2) is 11.2. The van der Waals surface area contributed by atoms with Crippen LogP contribution >= 0.6 is 27.7 Å². The van der Waals surface area contributed by atoms with Crippen molar-refractivity contribution in [3.63, 3.8) is 0 Å². The highest BCUT2D eigenvalue weighted by atomic mass is 79.9. The minimum Gasteiger partial charge on any atom is -0.353 e. The van der Waals surface area contributed by atoms with Crippen molar-refractivity contribution in [2.75, 3.05) is 37.5 Å². The smallest absolute Gasteiger partial charge is 0.234 e. The van der Waals surface area contributed by atoms with Crippen molar-refractivity contribution < 1.29 is 14.0 Å². The molecule has 8 heteroatoms. The van der Waals surface area contributed by atoms with E-state index < -0.39 is 0 Å². The summed E-state index contributed by atoms with van der Waals surface area (Å²) in [5.41, 5.74) is 1.50. The number of carbonyl (C=O) groups is 2. The second-order valence-electron chi connectivity index (χ2n) is 6.39. The lowest BCUT2D eigenvalue weighted by molar-refractivity contribution is -0.118. The average molecular weight is 468 g/mol. The molecule has 150 valence electrons. The Morgan fingerprint density at radius 2 is 1.82 bits per heavy atom. The first-order valence-corrected chi connectivity index (χ1v) is 10.6. The van der Waals surface area contributed by atoms with Gasteiger partial charge < -0.3 is 15.5 Å². The fraction of sp³-hybridized carbons (Fsp3) is 0.300. The molecule has 0 heterocycles. The van der Waals surface area contributed by atoms with E-state index in [0.29, 0.717) is 12.2 Å². The van der Waals surface area contributed by atoms with Crippen molar-refractivity contribution in [2.45, 2.75) is 6.04 Å². The van der Waals surface area contributed by atoms with Gasteiger partial charge in [-0.15, -0.1) is 11.8 Å². The molecule has 0 aliphatic heterocycles. The number of thioether (sulfide) groups is 1. The summed E-state index contributed by atoms with van der Waals surface area (Å²) in [4.78, 5) is 26.0. The van der Waals surface area contributed by atoms with Gasteiger partial charge in [-0.2, -0.15) is 0 Å². The molecule has 1 atom stereocenters. The summed E-state index contributed by atoms with van der Waals surface area (Å²) in [6.07, 6.45) is 0. The normalized spacial score (nSPS) is 11.9. The summed E-state index contributed by atoms with van der Waals surface area (Å²) in [6, 6.07) is 13.5. The predicted molar refractivity (Wildman–Crippen MR) is 116 cm³/mol. The molecular formula is C20H23BrFN3O2S. The van der Waals surface area contributed by atoms with E-state index in [1.807, 2.05) is 43.3 Å². The third-order valence-corrected chi connectivity index (χ3v) is 5.35. The van der Waals surface area contributed by atoms with Crippen LogP contribution in [0.3, 0.4) is 0 Å². The standard InChI is InChI=1S/C20H23BrFN3O2S/c1-25(2)18(14-5-3-7-16(22)9-14)11-23-19(26)12-28-13-20(27)24-17-8-4-6-15(21)10-17/h3-10,18H,11-13H2,1-2H3,(H,23,26)(H,24,27). The number of rotatable bonds is 9. The molecule has 0 fully saturated rings. The van der Waals surface area contributed by atoms with Crippen LogP contribution in [0.2, 0.25) is 0 Å². The molecule has 2 rings (SSSR count). The van der Waals surface area contributed by atoms with Crippen molar-refractivity contribution in [1.82, 2.24) is 10.2 Å². The number of anilines is 1. The van der Waals surface area contributed by atoms with Gasteiger partial charge in [-0.05, 0) is 50.0 Å². The summed E-state index contributed by atoms with van der Waals surface area (Å²) in [5, 5.41) is 5.64. The zero-order chi connectivity index (χ0) is 20.5. The van der Waals surface area contributed by atoms with E-state index in [2.05, 4.69) is 26.6 Å². The summed E-state index contributed by atoms with van der Waals surface area (Å²) >= 11 is 4.59. The summed E-state index contributed by atoms with van der Waals surface area (Å²) in [7, 11) is 3.76. The van der Waals surface area contributed by atoms with Crippen molar-refractivity contribution >= 4 is 45.2 Å². The van der Waals surface area contributed by atoms with E-state index in [0.717, 1.165) is 10.0 Å². The highest BCUT2D eigenvalue weighted by molar-refractivity contribution is 9.10. The number of carbonyl (C=O) groups excluding carboxylic acids is 2. The van der Waals surface area contributed by atoms with Crippen molar-refractivity contribution in [2.24, 2.45) is 0 Å². The van der Waals surface area contributed by atoms with Crippen LogP contribution in [0.25, 0.3) is 0 Å². The van der Waals surface area contributed by atoms with Gasteiger partial charge >= 0.3 is 0 Å². The number of hydrogen-bond acceptors (Lipinski definition) is 4. The molecule has 0 spiro atoms. The second-order valence-corrected chi connectivity index (χ2v) is 8.29. The number of amides is 2. The van der Waals surface area contributed by atoms with Crippen LogP contribution in [0.15, 0.2) is 53.0 Å². The molecule has 0 radical (unpaired) electrons. The van der Waals surface area contributed by atoms with E-state index >= 15 is 0 Å². The molecule has 0 saturated carbocycles. The number of benzene rings is 2. The number of nitrogens with one attached hydrogen (secondary N) is 2. The summed E-state index contributed by atoms with van der Waals surface area (Å²) in [6.45, 7) is 0.361. The topological polar surface area (TPSA) is 61.4 Å². The quantitative estimate of drug-likeness (QED) is 0.590. The molecule has 2 amide bonds. The van der Waals surface area contributed by atoms with Crippen LogP contribution in [-0.2, 0) is 9.59 Å². The van der Waals surface area contributed by atoms with E-state index in [4.69, 9.17) is 0 Å². The van der Waals surface area contributed by atoms with Crippen LogP contribution in [-0.4, -0.2) is 48.9 Å². The Morgan fingerprint density at radius 3 is 2.50 bits per heavy atom.